The van der Waals surface area contributed by atoms with Crippen LogP contribution in [0.1, 0.15) is 20.3 Å². The van der Waals surface area contributed by atoms with Gasteiger partial charge in [-0.1, -0.05) is 13.8 Å². The maximum atomic E-state index is 3.69. The predicted octanol–water partition coefficient (Wildman–Crippen LogP) is 3.88. The molecule has 0 amide bonds. The van der Waals surface area contributed by atoms with Gasteiger partial charge < -0.3 is 10.2 Å². The third kappa shape index (κ3) is 3.84. The maximum absolute atomic E-state index is 3.69. The molecule has 4 heteroatoms. The van der Waals surface area contributed by atoms with Crippen LogP contribution in [0.2, 0.25) is 0 Å². The minimum atomic E-state index is 0.616. The summed E-state index contributed by atoms with van der Waals surface area (Å²) in [7, 11) is 0. The van der Waals surface area contributed by atoms with Crippen LogP contribution in [0.25, 0.3) is 0 Å². The van der Waals surface area contributed by atoms with Crippen molar-refractivity contribution in [3.8, 4) is 0 Å². The van der Waals surface area contributed by atoms with Crippen LogP contribution in [-0.4, -0.2) is 25.7 Å². The van der Waals surface area contributed by atoms with Crippen molar-refractivity contribution in [2.45, 2.75) is 26.3 Å². The topological polar surface area (TPSA) is 15.3 Å². The molecule has 18 heavy (non-hydrogen) atoms. The molecule has 2 nitrogen and oxygen atoms in total. The molecule has 0 saturated carbocycles. The summed E-state index contributed by atoms with van der Waals surface area (Å²) in [6.45, 7) is 7.86. The van der Waals surface area contributed by atoms with E-state index in [2.05, 4.69) is 80.8 Å². The summed E-state index contributed by atoms with van der Waals surface area (Å²) in [5.74, 6) is 0.752. The first-order chi connectivity index (χ1) is 8.56. The Morgan fingerprint density at radius 2 is 2.28 bits per heavy atom. The minimum Gasteiger partial charge on any atom is -0.368 e. The van der Waals surface area contributed by atoms with E-state index in [0.29, 0.717) is 6.04 Å². The Morgan fingerprint density at radius 1 is 1.50 bits per heavy atom. The summed E-state index contributed by atoms with van der Waals surface area (Å²) in [5, 5.41) is 3.62. The third-order valence-corrected chi connectivity index (χ3v) is 4.57. The second kappa shape index (κ2) is 6.57. The number of nitrogens with one attached hydrogen (secondary N) is 1. The van der Waals surface area contributed by atoms with Gasteiger partial charge in [-0.2, -0.15) is 0 Å². The Labute approximate surface area is 132 Å². The van der Waals surface area contributed by atoms with Crippen LogP contribution in [0.5, 0.6) is 0 Å². The number of nitrogens with zero attached hydrogens (tertiary/aromatic N) is 1. The van der Waals surface area contributed by atoms with E-state index < -0.39 is 0 Å². The van der Waals surface area contributed by atoms with Gasteiger partial charge in [0, 0.05) is 33.7 Å². The third-order valence-electron chi connectivity index (χ3n) is 3.26. The molecular weight excluding hydrogens is 403 g/mol. The first-order valence-corrected chi connectivity index (χ1v) is 8.37. The molecule has 2 rings (SSSR count). The molecule has 1 aromatic rings. The van der Waals surface area contributed by atoms with Crippen LogP contribution in [0.4, 0.5) is 5.69 Å². The Kier molecular flexibility index (Phi) is 5.33. The van der Waals surface area contributed by atoms with Crippen molar-refractivity contribution in [3.05, 3.63) is 26.2 Å². The summed E-state index contributed by atoms with van der Waals surface area (Å²) in [5.41, 5.74) is 1.32. The fourth-order valence-corrected chi connectivity index (χ4v) is 4.06. The highest BCUT2D eigenvalue weighted by Crippen LogP contribution is 2.29. The van der Waals surface area contributed by atoms with Gasteiger partial charge in [0.1, 0.15) is 0 Å². The lowest BCUT2D eigenvalue weighted by atomic mass is 10.0. The highest BCUT2D eigenvalue weighted by Gasteiger charge is 2.21. The fourth-order valence-electron chi connectivity index (χ4n) is 2.51. The van der Waals surface area contributed by atoms with E-state index in [4.69, 9.17) is 0 Å². The van der Waals surface area contributed by atoms with Crippen LogP contribution in [0.15, 0.2) is 22.7 Å². The molecule has 1 fully saturated rings. The Balaban J connectivity index is 2.08. The smallest absolute Gasteiger partial charge is 0.0512 e. The average molecular weight is 423 g/mol. The molecule has 1 aliphatic heterocycles. The number of hydrogen-bond acceptors (Lipinski definition) is 2. The van der Waals surface area contributed by atoms with Crippen molar-refractivity contribution in [3.63, 3.8) is 0 Å². The predicted molar refractivity (Wildman–Crippen MR) is 90.3 cm³/mol. The first-order valence-electron chi connectivity index (χ1n) is 6.49. The number of benzene rings is 1. The molecule has 0 aromatic heterocycles. The van der Waals surface area contributed by atoms with Gasteiger partial charge in [-0.05, 0) is 69.1 Å². The van der Waals surface area contributed by atoms with Crippen molar-refractivity contribution in [1.29, 1.82) is 0 Å². The number of piperazine rings is 1. The monoisotopic (exact) mass is 422 g/mol. The van der Waals surface area contributed by atoms with Gasteiger partial charge in [-0.3, -0.25) is 0 Å². The van der Waals surface area contributed by atoms with E-state index in [1.807, 2.05) is 0 Å². The van der Waals surface area contributed by atoms with E-state index in [-0.39, 0.29) is 0 Å². The summed E-state index contributed by atoms with van der Waals surface area (Å²) in [4.78, 5) is 2.49. The van der Waals surface area contributed by atoms with Crippen LogP contribution in [0, 0.1) is 9.49 Å². The standard InChI is InChI=1S/C14H20BrIN2/c1-10(2)7-12-9-18(6-5-17-12)14-4-3-11(16)8-13(14)15/h3-4,8,10,12,17H,5-7,9H2,1-2H3. The number of rotatable bonds is 3. The lowest BCUT2D eigenvalue weighted by Crippen LogP contribution is -2.51. The van der Waals surface area contributed by atoms with E-state index in [9.17, 15) is 0 Å². The normalized spacial score (nSPS) is 20.5. The first kappa shape index (κ1) is 14.6. The van der Waals surface area contributed by atoms with Gasteiger partial charge in [0.05, 0.1) is 5.69 Å². The molecule has 0 spiro atoms. The van der Waals surface area contributed by atoms with Crippen LogP contribution >= 0.6 is 38.5 Å². The van der Waals surface area contributed by atoms with Gasteiger partial charge in [0.2, 0.25) is 0 Å². The fraction of sp³-hybridized carbons (Fsp3) is 0.571. The Hall–Kier alpha value is 0.190. The molecule has 0 radical (unpaired) electrons. The second-order valence-electron chi connectivity index (χ2n) is 5.32. The molecule has 1 heterocycles. The maximum Gasteiger partial charge on any atom is 0.0512 e. The van der Waals surface area contributed by atoms with Crippen molar-refractivity contribution < 1.29 is 0 Å². The van der Waals surface area contributed by atoms with Gasteiger partial charge in [-0.25, -0.2) is 0 Å². The molecule has 1 aliphatic rings. The lowest BCUT2D eigenvalue weighted by molar-refractivity contribution is 0.388. The van der Waals surface area contributed by atoms with Gasteiger partial charge in [0.15, 0.2) is 0 Å². The quantitative estimate of drug-likeness (QED) is 0.743. The zero-order valence-electron chi connectivity index (χ0n) is 10.9. The molecule has 1 saturated heterocycles. The largest absolute Gasteiger partial charge is 0.368 e. The molecular formula is C14H20BrIN2. The lowest BCUT2D eigenvalue weighted by Gasteiger charge is -2.36. The molecule has 1 unspecified atom stereocenters. The number of anilines is 1. The van der Waals surface area contributed by atoms with Crippen LogP contribution in [0.3, 0.4) is 0 Å². The molecule has 100 valence electrons. The van der Waals surface area contributed by atoms with E-state index >= 15 is 0 Å². The molecule has 1 atom stereocenters. The van der Waals surface area contributed by atoms with E-state index in [1.54, 1.807) is 0 Å². The molecule has 1 N–H and O–H groups in total. The van der Waals surface area contributed by atoms with Crippen LogP contribution in [-0.2, 0) is 0 Å². The summed E-state index contributed by atoms with van der Waals surface area (Å²) < 4.78 is 2.48. The molecule has 0 bridgehead atoms. The summed E-state index contributed by atoms with van der Waals surface area (Å²) in [6.07, 6.45) is 1.25. The average Bonchev–Trinajstić information content (AvgIpc) is 2.28. The van der Waals surface area contributed by atoms with Gasteiger partial charge in [-0.15, -0.1) is 0 Å². The molecule has 1 aromatic carbocycles. The molecule has 0 aliphatic carbocycles. The Bertz CT molecular complexity index is 409. The summed E-state index contributed by atoms with van der Waals surface area (Å²) >= 11 is 6.04. The van der Waals surface area contributed by atoms with Crippen molar-refractivity contribution in [1.82, 2.24) is 5.32 Å². The van der Waals surface area contributed by atoms with E-state index in [0.717, 1.165) is 25.6 Å². The minimum absolute atomic E-state index is 0.616. The summed E-state index contributed by atoms with van der Waals surface area (Å²) in [6, 6.07) is 7.21. The van der Waals surface area contributed by atoms with Gasteiger partial charge in [0.25, 0.3) is 0 Å². The van der Waals surface area contributed by atoms with Crippen molar-refractivity contribution in [2.75, 3.05) is 24.5 Å². The Morgan fingerprint density at radius 3 is 2.94 bits per heavy atom. The van der Waals surface area contributed by atoms with Crippen molar-refractivity contribution >= 4 is 44.2 Å². The van der Waals surface area contributed by atoms with Crippen molar-refractivity contribution in [2.24, 2.45) is 5.92 Å². The second-order valence-corrected chi connectivity index (χ2v) is 7.42. The van der Waals surface area contributed by atoms with Gasteiger partial charge >= 0.3 is 0 Å². The highest BCUT2D eigenvalue weighted by molar-refractivity contribution is 14.1. The van der Waals surface area contributed by atoms with E-state index in [1.165, 1.54) is 20.2 Å². The zero-order chi connectivity index (χ0) is 13.1. The highest BCUT2D eigenvalue weighted by atomic mass is 127. The van der Waals surface area contributed by atoms with Crippen LogP contribution < -0.4 is 10.2 Å². The number of hydrogen-bond donors (Lipinski definition) is 1. The SMILES string of the molecule is CC(C)CC1CN(c2ccc(I)cc2Br)CCN1. The zero-order valence-corrected chi connectivity index (χ0v) is 14.7. The number of halogens is 2.